The summed E-state index contributed by atoms with van der Waals surface area (Å²) in [4.78, 5) is 35.2. The summed E-state index contributed by atoms with van der Waals surface area (Å²) >= 11 is 0. The second-order valence-electron chi connectivity index (χ2n) is 8.29. The quantitative estimate of drug-likeness (QED) is 0.444. The number of aromatic nitrogens is 6. The van der Waals surface area contributed by atoms with Gasteiger partial charge in [-0.05, 0) is 44.4 Å². The van der Waals surface area contributed by atoms with Crippen molar-refractivity contribution in [3.8, 4) is 17.1 Å². The van der Waals surface area contributed by atoms with Gasteiger partial charge in [-0.15, -0.1) is 0 Å². The largest absolute Gasteiger partial charge is 0.477 e. The first kappa shape index (κ1) is 20.9. The number of rotatable bonds is 0. The maximum Gasteiger partial charge on any atom is 0.276 e. The lowest BCUT2D eigenvalue weighted by molar-refractivity contribution is 0.102. The van der Waals surface area contributed by atoms with Gasteiger partial charge in [-0.3, -0.25) is 19.9 Å². The number of anilines is 1. The van der Waals surface area contributed by atoms with Crippen LogP contribution in [-0.4, -0.2) is 41.4 Å². The predicted octanol–water partition coefficient (Wildman–Crippen LogP) is 2.65. The van der Waals surface area contributed by atoms with Crippen LogP contribution in [0.5, 0.6) is 5.88 Å². The van der Waals surface area contributed by atoms with Crippen molar-refractivity contribution < 1.29 is 9.53 Å². The summed E-state index contributed by atoms with van der Waals surface area (Å²) in [5.41, 5.74) is 3.38. The molecule has 0 saturated heterocycles. The number of aryl methyl sites for hydroxylation is 4. The minimum absolute atomic E-state index is 0.147. The molecule has 0 aromatic carbocycles. The summed E-state index contributed by atoms with van der Waals surface area (Å²) in [6.45, 7) is 2.93. The standard InChI is InChI=1S/C23H25N7O3/c1-14-11-15-12-18(25-14)16-13-24-29(3)22(16)33-10-6-4-5-8-30-19-17(7-9-28(2)21(19)32)26-23(30)27-20(15)31/h7,9,11-13H,4-6,8,10H2,1-3H3,(H,26,27,31). The Morgan fingerprint density at radius 1 is 1.09 bits per heavy atom. The van der Waals surface area contributed by atoms with E-state index in [1.807, 2.05) is 18.5 Å². The van der Waals surface area contributed by atoms with Gasteiger partial charge in [0.1, 0.15) is 5.52 Å². The van der Waals surface area contributed by atoms with E-state index in [1.165, 1.54) is 4.57 Å². The van der Waals surface area contributed by atoms with Crippen LogP contribution in [0.1, 0.15) is 35.3 Å². The highest BCUT2D eigenvalue weighted by atomic mass is 16.5. The van der Waals surface area contributed by atoms with Crippen molar-refractivity contribution >= 4 is 22.9 Å². The van der Waals surface area contributed by atoms with Crippen molar-refractivity contribution in [3.63, 3.8) is 0 Å². The van der Waals surface area contributed by atoms with Crippen LogP contribution in [0.2, 0.25) is 0 Å². The first-order valence-electron chi connectivity index (χ1n) is 10.9. The topological polar surface area (TPSA) is 109 Å². The van der Waals surface area contributed by atoms with Gasteiger partial charge in [0.05, 0.1) is 29.6 Å². The molecule has 0 spiro atoms. The lowest BCUT2D eigenvalue weighted by Gasteiger charge is -2.10. The van der Waals surface area contributed by atoms with Gasteiger partial charge in [0, 0.05) is 38.1 Å². The van der Waals surface area contributed by atoms with Crippen LogP contribution in [0.4, 0.5) is 5.95 Å². The van der Waals surface area contributed by atoms with Crippen LogP contribution in [0, 0.1) is 6.92 Å². The van der Waals surface area contributed by atoms with Gasteiger partial charge in [0.2, 0.25) is 11.8 Å². The second kappa shape index (κ2) is 8.19. The van der Waals surface area contributed by atoms with Crippen molar-refractivity contribution in [2.24, 2.45) is 14.1 Å². The van der Waals surface area contributed by atoms with Crippen molar-refractivity contribution in [3.05, 3.63) is 52.2 Å². The molecule has 1 N–H and O–H groups in total. The van der Waals surface area contributed by atoms with Crippen LogP contribution in [0.15, 0.2) is 35.4 Å². The van der Waals surface area contributed by atoms with E-state index in [0.29, 0.717) is 53.0 Å². The Kier molecular flexibility index (Phi) is 5.20. The molecule has 4 aromatic rings. The predicted molar refractivity (Wildman–Crippen MR) is 123 cm³/mol. The van der Waals surface area contributed by atoms with Gasteiger partial charge in [-0.25, -0.2) is 9.67 Å². The Hall–Kier alpha value is -3.95. The number of nitrogens with zero attached hydrogens (tertiary/aromatic N) is 6. The molecule has 33 heavy (non-hydrogen) atoms. The molecule has 0 atom stereocenters. The summed E-state index contributed by atoms with van der Waals surface area (Å²) < 4.78 is 11.0. The number of imidazole rings is 1. The molecule has 0 aliphatic carbocycles. The molecule has 1 aliphatic heterocycles. The summed E-state index contributed by atoms with van der Waals surface area (Å²) in [5, 5.41) is 7.24. The highest BCUT2D eigenvalue weighted by molar-refractivity contribution is 6.04. The van der Waals surface area contributed by atoms with Crippen LogP contribution >= 0.6 is 0 Å². The summed E-state index contributed by atoms with van der Waals surface area (Å²) in [6.07, 6.45) is 5.91. The molecule has 10 heteroatoms. The Morgan fingerprint density at radius 2 is 1.94 bits per heavy atom. The molecular weight excluding hydrogens is 422 g/mol. The number of ether oxygens (including phenoxy) is 1. The number of hydrogen-bond donors (Lipinski definition) is 1. The highest BCUT2D eigenvalue weighted by Crippen LogP contribution is 2.30. The van der Waals surface area contributed by atoms with Crippen molar-refractivity contribution in [1.82, 2.24) is 28.9 Å². The van der Waals surface area contributed by atoms with Crippen LogP contribution < -0.4 is 15.6 Å². The van der Waals surface area contributed by atoms with E-state index < -0.39 is 0 Å². The van der Waals surface area contributed by atoms with Gasteiger partial charge in [0.15, 0.2) is 0 Å². The maximum atomic E-state index is 13.2. The Labute approximate surface area is 189 Å². The van der Waals surface area contributed by atoms with Crippen LogP contribution in [0.3, 0.4) is 0 Å². The van der Waals surface area contributed by atoms with E-state index in [9.17, 15) is 9.59 Å². The highest BCUT2D eigenvalue weighted by Gasteiger charge is 2.20. The SMILES string of the molecule is Cc1cc2cc(n1)-c1cnn(C)c1OCCCCCn1c(nc3ccn(C)c(=O)c31)NC2=O. The lowest BCUT2D eigenvalue weighted by Crippen LogP contribution is -2.20. The molecule has 10 nitrogen and oxygen atoms in total. The number of nitrogens with one attached hydrogen (secondary N) is 1. The fourth-order valence-corrected chi connectivity index (χ4v) is 4.15. The van der Waals surface area contributed by atoms with Gasteiger partial charge in [-0.2, -0.15) is 5.10 Å². The third kappa shape index (κ3) is 3.77. The molecule has 0 saturated carbocycles. The molecule has 0 radical (unpaired) electrons. The second-order valence-corrected chi connectivity index (χ2v) is 8.29. The van der Waals surface area contributed by atoms with Gasteiger partial charge in [0.25, 0.3) is 11.5 Å². The number of fused-ring (bicyclic) bond motifs is 7. The molecular formula is C23H25N7O3. The zero-order chi connectivity index (χ0) is 23.1. The maximum absolute atomic E-state index is 13.2. The normalized spacial score (nSPS) is 14.6. The molecule has 4 aromatic heterocycles. The first-order valence-corrected chi connectivity index (χ1v) is 10.9. The van der Waals surface area contributed by atoms with Crippen molar-refractivity contribution in [1.29, 1.82) is 0 Å². The Balaban J connectivity index is 1.63. The van der Waals surface area contributed by atoms with E-state index >= 15 is 0 Å². The molecule has 170 valence electrons. The number of amides is 1. The van der Waals surface area contributed by atoms with Crippen LogP contribution in [-0.2, 0) is 20.6 Å². The van der Waals surface area contributed by atoms with E-state index in [4.69, 9.17) is 4.74 Å². The number of pyridine rings is 2. The van der Waals surface area contributed by atoms with Gasteiger partial charge in [-0.1, -0.05) is 0 Å². The Bertz CT molecular complexity index is 1430. The molecule has 5 heterocycles. The van der Waals surface area contributed by atoms with E-state index in [-0.39, 0.29) is 11.5 Å². The van der Waals surface area contributed by atoms with Crippen molar-refractivity contribution in [2.75, 3.05) is 11.9 Å². The summed E-state index contributed by atoms with van der Waals surface area (Å²) in [5.74, 6) is 0.663. The van der Waals surface area contributed by atoms with Crippen molar-refractivity contribution in [2.45, 2.75) is 32.7 Å². The molecule has 1 aliphatic rings. The third-order valence-electron chi connectivity index (χ3n) is 5.84. The molecule has 5 rings (SSSR count). The zero-order valence-electron chi connectivity index (χ0n) is 18.8. The number of hydrogen-bond acceptors (Lipinski definition) is 6. The fourth-order valence-electron chi connectivity index (χ4n) is 4.15. The monoisotopic (exact) mass is 447 g/mol. The number of carbonyl (C=O) groups is 1. The summed E-state index contributed by atoms with van der Waals surface area (Å²) in [7, 11) is 3.53. The zero-order valence-corrected chi connectivity index (χ0v) is 18.8. The summed E-state index contributed by atoms with van der Waals surface area (Å²) in [6, 6.07) is 5.23. The third-order valence-corrected chi connectivity index (χ3v) is 5.84. The minimum Gasteiger partial charge on any atom is -0.477 e. The number of carbonyl (C=O) groups excluding carboxylic acids is 1. The average Bonchev–Trinajstić information content (AvgIpc) is 3.32. The smallest absolute Gasteiger partial charge is 0.276 e. The van der Waals surface area contributed by atoms with E-state index in [1.54, 1.807) is 42.3 Å². The fraction of sp³-hybridized carbons (Fsp3) is 0.348. The minimum atomic E-state index is -0.323. The average molecular weight is 447 g/mol. The van der Waals surface area contributed by atoms with Gasteiger partial charge < -0.3 is 13.9 Å². The molecule has 2 bridgehead atoms. The van der Waals surface area contributed by atoms with E-state index in [2.05, 4.69) is 20.4 Å². The molecule has 1 amide bonds. The van der Waals surface area contributed by atoms with E-state index in [0.717, 1.165) is 24.8 Å². The molecule has 0 unspecified atom stereocenters. The van der Waals surface area contributed by atoms with Crippen LogP contribution in [0.25, 0.3) is 22.3 Å². The molecule has 0 fully saturated rings. The van der Waals surface area contributed by atoms with Gasteiger partial charge >= 0.3 is 0 Å². The Morgan fingerprint density at radius 3 is 2.79 bits per heavy atom. The lowest BCUT2D eigenvalue weighted by atomic mass is 10.1. The first-order chi connectivity index (χ1) is 15.9.